The fourth-order valence-corrected chi connectivity index (χ4v) is 2.57. The highest BCUT2D eigenvalue weighted by atomic mass is 35.5. The van der Waals surface area contributed by atoms with Gasteiger partial charge >= 0.3 is 6.18 Å². The van der Waals surface area contributed by atoms with Crippen molar-refractivity contribution in [2.75, 3.05) is 18.9 Å². The number of pyridine rings is 1. The van der Waals surface area contributed by atoms with E-state index in [4.69, 9.17) is 11.6 Å². The minimum atomic E-state index is -4.41. The lowest BCUT2D eigenvalue weighted by Gasteiger charge is -2.35. The molecule has 2 rings (SSSR count). The van der Waals surface area contributed by atoms with Crippen molar-refractivity contribution in [3.8, 4) is 0 Å². The van der Waals surface area contributed by atoms with Gasteiger partial charge in [-0.15, -0.1) is 0 Å². The number of rotatable bonds is 2. The highest BCUT2D eigenvalue weighted by Crippen LogP contribution is 2.32. The minimum Gasteiger partial charge on any atom is -0.367 e. The average Bonchev–Trinajstić information content (AvgIpc) is 2.32. The Bertz CT molecular complexity index is 478. The molecule has 20 heavy (non-hydrogen) atoms. The molecule has 0 aromatic carbocycles. The maximum Gasteiger partial charge on any atom is 0.416 e. The molecule has 3 nitrogen and oxygen atoms in total. The summed E-state index contributed by atoms with van der Waals surface area (Å²) >= 11 is 5.67. The molecule has 0 bridgehead atoms. The molecule has 1 aliphatic rings. The van der Waals surface area contributed by atoms with Gasteiger partial charge in [-0.3, -0.25) is 0 Å². The molecule has 7 heteroatoms. The first-order valence-electron chi connectivity index (χ1n) is 6.47. The SMILES string of the molecule is CC1CC(Nc2cc(C(F)(F)F)cc(Cl)n2)CCN1C. The summed E-state index contributed by atoms with van der Waals surface area (Å²) in [6.45, 7) is 3.01. The van der Waals surface area contributed by atoms with Gasteiger partial charge in [-0.2, -0.15) is 13.2 Å². The first kappa shape index (κ1) is 15.4. The quantitative estimate of drug-likeness (QED) is 0.845. The van der Waals surface area contributed by atoms with Crippen LogP contribution in [-0.2, 0) is 6.18 Å². The fourth-order valence-electron chi connectivity index (χ4n) is 2.36. The molecule has 1 aromatic heterocycles. The Morgan fingerprint density at radius 1 is 1.40 bits per heavy atom. The molecule has 2 heterocycles. The van der Waals surface area contributed by atoms with Gasteiger partial charge in [0.1, 0.15) is 11.0 Å². The van der Waals surface area contributed by atoms with Crippen LogP contribution >= 0.6 is 11.6 Å². The van der Waals surface area contributed by atoms with Gasteiger partial charge in [0.15, 0.2) is 0 Å². The van der Waals surface area contributed by atoms with Crippen LogP contribution in [0.1, 0.15) is 25.3 Å². The van der Waals surface area contributed by atoms with Gasteiger partial charge in [-0.05, 0) is 38.9 Å². The van der Waals surface area contributed by atoms with Crippen LogP contribution in [0.25, 0.3) is 0 Å². The molecule has 0 aliphatic carbocycles. The molecule has 0 saturated carbocycles. The molecule has 1 N–H and O–H groups in total. The number of anilines is 1. The number of halogens is 4. The minimum absolute atomic E-state index is 0.119. The molecule has 0 spiro atoms. The number of nitrogens with one attached hydrogen (secondary N) is 1. The molecule has 112 valence electrons. The van der Waals surface area contributed by atoms with E-state index in [-0.39, 0.29) is 17.0 Å². The number of nitrogens with zero attached hydrogens (tertiary/aromatic N) is 2. The summed E-state index contributed by atoms with van der Waals surface area (Å²) < 4.78 is 38.2. The van der Waals surface area contributed by atoms with Gasteiger partial charge in [-0.1, -0.05) is 11.6 Å². The number of hydrogen-bond acceptors (Lipinski definition) is 3. The van der Waals surface area contributed by atoms with Crippen molar-refractivity contribution in [3.05, 3.63) is 22.8 Å². The lowest BCUT2D eigenvalue weighted by atomic mass is 9.99. The van der Waals surface area contributed by atoms with Crippen molar-refractivity contribution in [3.63, 3.8) is 0 Å². The van der Waals surface area contributed by atoms with E-state index in [9.17, 15) is 13.2 Å². The summed E-state index contributed by atoms with van der Waals surface area (Å²) in [5.41, 5.74) is -0.777. The van der Waals surface area contributed by atoms with Gasteiger partial charge in [0.25, 0.3) is 0 Å². The van der Waals surface area contributed by atoms with E-state index < -0.39 is 11.7 Å². The van der Waals surface area contributed by atoms with Gasteiger partial charge < -0.3 is 10.2 Å². The number of hydrogen-bond donors (Lipinski definition) is 1. The molecular formula is C13H17ClF3N3. The van der Waals surface area contributed by atoms with Crippen LogP contribution in [0.5, 0.6) is 0 Å². The first-order chi connectivity index (χ1) is 9.25. The molecular weight excluding hydrogens is 291 g/mol. The third-order valence-electron chi connectivity index (χ3n) is 3.68. The Labute approximate surface area is 121 Å². The molecule has 1 fully saturated rings. The van der Waals surface area contributed by atoms with Gasteiger partial charge in [-0.25, -0.2) is 4.98 Å². The normalized spacial score (nSPS) is 24.7. The van der Waals surface area contributed by atoms with E-state index in [1.54, 1.807) is 0 Å². The zero-order chi connectivity index (χ0) is 14.9. The third-order valence-corrected chi connectivity index (χ3v) is 3.88. The smallest absolute Gasteiger partial charge is 0.367 e. The summed E-state index contributed by atoms with van der Waals surface area (Å²) in [6, 6.07) is 2.36. The summed E-state index contributed by atoms with van der Waals surface area (Å²) in [6.07, 6.45) is -2.68. The van der Waals surface area contributed by atoms with Crippen LogP contribution in [-0.4, -0.2) is 35.6 Å². The predicted molar refractivity (Wildman–Crippen MR) is 73.0 cm³/mol. The highest BCUT2D eigenvalue weighted by Gasteiger charge is 2.32. The second kappa shape index (κ2) is 5.77. The van der Waals surface area contributed by atoms with E-state index in [1.807, 2.05) is 7.05 Å². The van der Waals surface area contributed by atoms with Crippen LogP contribution in [0.3, 0.4) is 0 Å². The first-order valence-corrected chi connectivity index (χ1v) is 6.85. The molecule has 1 aliphatic heterocycles. The standard InChI is InChI=1S/C13H17ClF3N3/c1-8-5-10(3-4-20(8)2)18-12-7-9(13(15,16)17)6-11(14)19-12/h6-8,10H,3-5H2,1-2H3,(H,18,19). The van der Waals surface area contributed by atoms with E-state index in [0.29, 0.717) is 6.04 Å². The molecule has 1 aromatic rings. The summed E-state index contributed by atoms with van der Waals surface area (Å²) in [5, 5.41) is 2.91. The fraction of sp³-hybridized carbons (Fsp3) is 0.615. The van der Waals surface area contributed by atoms with E-state index in [2.05, 4.69) is 22.1 Å². The van der Waals surface area contributed by atoms with Gasteiger partial charge in [0.05, 0.1) is 5.56 Å². The average molecular weight is 308 g/mol. The topological polar surface area (TPSA) is 28.2 Å². The van der Waals surface area contributed by atoms with Gasteiger partial charge in [0, 0.05) is 18.6 Å². The van der Waals surface area contributed by atoms with Crippen molar-refractivity contribution in [2.24, 2.45) is 0 Å². The van der Waals surface area contributed by atoms with Crippen LogP contribution in [0.15, 0.2) is 12.1 Å². The Balaban J connectivity index is 2.12. The monoisotopic (exact) mass is 307 g/mol. The second-order valence-corrected chi connectivity index (χ2v) is 5.64. The maximum atomic E-state index is 12.7. The molecule has 2 unspecified atom stereocenters. The van der Waals surface area contributed by atoms with Crippen molar-refractivity contribution in [1.29, 1.82) is 0 Å². The third kappa shape index (κ3) is 3.76. The largest absolute Gasteiger partial charge is 0.416 e. The molecule has 0 radical (unpaired) electrons. The van der Waals surface area contributed by atoms with Crippen molar-refractivity contribution < 1.29 is 13.2 Å². The van der Waals surface area contributed by atoms with Crippen LogP contribution in [0.2, 0.25) is 5.15 Å². The number of likely N-dealkylation sites (tertiary alicyclic amines) is 1. The van der Waals surface area contributed by atoms with Crippen molar-refractivity contribution >= 4 is 17.4 Å². The molecule has 0 amide bonds. The Morgan fingerprint density at radius 3 is 2.70 bits per heavy atom. The van der Waals surface area contributed by atoms with Crippen LogP contribution in [0, 0.1) is 0 Å². The molecule has 1 saturated heterocycles. The van der Waals surface area contributed by atoms with Crippen molar-refractivity contribution in [1.82, 2.24) is 9.88 Å². The zero-order valence-electron chi connectivity index (χ0n) is 11.3. The van der Waals surface area contributed by atoms with E-state index in [0.717, 1.165) is 31.5 Å². The highest BCUT2D eigenvalue weighted by molar-refractivity contribution is 6.29. The Morgan fingerprint density at radius 2 is 2.10 bits per heavy atom. The summed E-state index contributed by atoms with van der Waals surface area (Å²) in [7, 11) is 2.04. The summed E-state index contributed by atoms with van der Waals surface area (Å²) in [4.78, 5) is 6.15. The Hall–Kier alpha value is -1.01. The predicted octanol–water partition coefficient (Wildman–Crippen LogP) is 3.65. The van der Waals surface area contributed by atoms with Crippen LogP contribution < -0.4 is 5.32 Å². The second-order valence-electron chi connectivity index (χ2n) is 5.26. The van der Waals surface area contributed by atoms with Gasteiger partial charge in [0.2, 0.25) is 0 Å². The lowest BCUT2D eigenvalue weighted by Crippen LogP contribution is -2.42. The lowest BCUT2D eigenvalue weighted by molar-refractivity contribution is -0.137. The summed E-state index contributed by atoms with van der Waals surface area (Å²) in [5.74, 6) is 0.187. The van der Waals surface area contributed by atoms with E-state index in [1.165, 1.54) is 0 Å². The van der Waals surface area contributed by atoms with Crippen LogP contribution in [0.4, 0.5) is 19.0 Å². The number of piperidine rings is 1. The number of alkyl halides is 3. The van der Waals surface area contributed by atoms with E-state index >= 15 is 0 Å². The molecule has 2 atom stereocenters. The zero-order valence-corrected chi connectivity index (χ0v) is 12.1. The maximum absolute atomic E-state index is 12.7. The Kier molecular flexibility index (Phi) is 4.44. The van der Waals surface area contributed by atoms with Crippen molar-refractivity contribution in [2.45, 2.75) is 38.0 Å². The number of aromatic nitrogens is 1.